The molecular weight excluding hydrogens is 346 g/mol. The summed E-state index contributed by atoms with van der Waals surface area (Å²) >= 11 is 1.61. The molecule has 0 N–H and O–H groups in total. The van der Waals surface area contributed by atoms with Crippen molar-refractivity contribution in [3.8, 4) is 11.5 Å². The average molecular weight is 372 g/mol. The molecule has 0 spiro atoms. The Morgan fingerprint density at radius 3 is 2.46 bits per heavy atom. The highest BCUT2D eigenvalue weighted by molar-refractivity contribution is 7.98. The van der Waals surface area contributed by atoms with Crippen LogP contribution in [0.4, 0.5) is 0 Å². The molecule has 1 heterocycles. The highest BCUT2D eigenvalue weighted by atomic mass is 32.2. The number of ketones is 1. The van der Waals surface area contributed by atoms with Crippen LogP contribution in [0.1, 0.15) is 24.2 Å². The Bertz CT molecular complexity index is 755. The number of nitrogens with zero attached hydrogens (tertiary/aromatic N) is 1. The number of Topliss-reactive ketones (excluding diaryl/α,β-unsaturated/α-hetero) is 1. The molecule has 0 aromatic heterocycles. The van der Waals surface area contributed by atoms with E-state index >= 15 is 0 Å². The Morgan fingerprint density at radius 1 is 1.12 bits per heavy atom. The van der Waals surface area contributed by atoms with Crippen LogP contribution in [0.2, 0.25) is 0 Å². The number of hydrogen-bond donors (Lipinski definition) is 0. The number of thioether (sulfide) groups is 1. The van der Waals surface area contributed by atoms with E-state index in [9.17, 15) is 4.79 Å². The van der Waals surface area contributed by atoms with Gasteiger partial charge in [-0.2, -0.15) is 0 Å². The lowest BCUT2D eigenvalue weighted by molar-refractivity contribution is -0.00430. The molecule has 138 valence electrons. The van der Waals surface area contributed by atoms with Crippen molar-refractivity contribution < 1.29 is 14.3 Å². The van der Waals surface area contributed by atoms with Crippen molar-refractivity contribution in [1.82, 2.24) is 4.90 Å². The molecule has 0 unspecified atom stereocenters. The zero-order valence-electron chi connectivity index (χ0n) is 15.5. The molecule has 0 aliphatic carbocycles. The van der Waals surface area contributed by atoms with E-state index in [-0.39, 0.29) is 5.78 Å². The first-order chi connectivity index (χ1) is 12.5. The zero-order valence-corrected chi connectivity index (χ0v) is 16.3. The van der Waals surface area contributed by atoms with E-state index in [4.69, 9.17) is 9.47 Å². The number of morpholine rings is 1. The Kier molecular flexibility index (Phi) is 6.01. The third-order valence-electron chi connectivity index (χ3n) is 4.75. The van der Waals surface area contributed by atoms with Gasteiger partial charge < -0.3 is 9.47 Å². The molecule has 1 saturated heterocycles. The monoisotopic (exact) mass is 371 g/mol. The molecule has 3 rings (SSSR count). The van der Waals surface area contributed by atoms with E-state index in [0.717, 1.165) is 23.7 Å². The first-order valence-electron chi connectivity index (χ1n) is 8.81. The van der Waals surface area contributed by atoms with E-state index in [2.05, 4.69) is 4.90 Å². The number of carbonyl (C=O) groups is 1. The lowest BCUT2D eigenvalue weighted by Crippen LogP contribution is -2.54. The summed E-state index contributed by atoms with van der Waals surface area (Å²) < 4.78 is 11.5. The fraction of sp³-hybridized carbons (Fsp3) is 0.381. The second kappa shape index (κ2) is 8.25. The maximum Gasteiger partial charge on any atom is 0.182 e. The van der Waals surface area contributed by atoms with Crippen LogP contribution in [0.15, 0.2) is 53.4 Å². The van der Waals surface area contributed by atoms with Gasteiger partial charge in [0.1, 0.15) is 11.5 Å². The minimum absolute atomic E-state index is 0.102. The van der Waals surface area contributed by atoms with Gasteiger partial charge >= 0.3 is 0 Å². The standard InChI is InChI=1S/C21H25NO3S/c1-21(2,22-11-13-24-14-12-22)20(23)16-9-10-19(26-3)18(15-16)25-17-7-5-4-6-8-17/h4-10,15H,11-14H2,1-3H3. The molecule has 4 nitrogen and oxygen atoms in total. The number of ether oxygens (including phenoxy) is 2. The summed E-state index contributed by atoms with van der Waals surface area (Å²) in [6.07, 6.45) is 2.01. The van der Waals surface area contributed by atoms with Gasteiger partial charge in [-0.25, -0.2) is 0 Å². The zero-order chi connectivity index (χ0) is 18.6. The van der Waals surface area contributed by atoms with Crippen molar-refractivity contribution in [1.29, 1.82) is 0 Å². The molecule has 1 fully saturated rings. The van der Waals surface area contributed by atoms with Crippen molar-refractivity contribution in [2.24, 2.45) is 0 Å². The smallest absolute Gasteiger partial charge is 0.182 e. The summed E-state index contributed by atoms with van der Waals surface area (Å²) in [5.41, 5.74) is 0.0968. The Labute approximate surface area is 159 Å². The third-order valence-corrected chi connectivity index (χ3v) is 5.53. The second-order valence-electron chi connectivity index (χ2n) is 6.77. The van der Waals surface area contributed by atoms with Crippen molar-refractivity contribution in [3.05, 3.63) is 54.1 Å². The molecular formula is C21H25NO3S. The van der Waals surface area contributed by atoms with Crippen LogP contribution in [-0.2, 0) is 4.74 Å². The lowest BCUT2D eigenvalue weighted by atomic mass is 9.90. The SMILES string of the molecule is CSc1ccc(C(=O)C(C)(C)N2CCOCC2)cc1Oc1ccccc1. The molecule has 0 saturated carbocycles. The van der Waals surface area contributed by atoms with Crippen molar-refractivity contribution in [2.75, 3.05) is 32.6 Å². The number of rotatable bonds is 6. The third kappa shape index (κ3) is 4.11. The minimum Gasteiger partial charge on any atom is -0.456 e. The first kappa shape index (κ1) is 19.0. The molecule has 5 heteroatoms. The largest absolute Gasteiger partial charge is 0.456 e. The van der Waals surface area contributed by atoms with E-state index in [0.29, 0.717) is 24.5 Å². The fourth-order valence-corrected chi connectivity index (χ4v) is 3.64. The van der Waals surface area contributed by atoms with Crippen molar-refractivity contribution in [2.45, 2.75) is 24.3 Å². The Balaban J connectivity index is 1.87. The van der Waals surface area contributed by atoms with Gasteiger partial charge in [0.15, 0.2) is 5.78 Å². The summed E-state index contributed by atoms with van der Waals surface area (Å²) in [6, 6.07) is 15.4. The van der Waals surface area contributed by atoms with Crippen LogP contribution >= 0.6 is 11.8 Å². The van der Waals surface area contributed by atoms with Crippen molar-refractivity contribution >= 4 is 17.5 Å². The number of carbonyl (C=O) groups excluding carboxylic acids is 1. The van der Waals surface area contributed by atoms with Crippen LogP contribution in [0, 0.1) is 0 Å². The molecule has 2 aromatic rings. The maximum atomic E-state index is 13.2. The Hall–Kier alpha value is -1.82. The molecule has 1 aliphatic heterocycles. The summed E-state index contributed by atoms with van der Waals surface area (Å²) in [5.74, 6) is 1.58. The van der Waals surface area contributed by atoms with Crippen LogP contribution in [0.25, 0.3) is 0 Å². The molecule has 0 atom stereocenters. The average Bonchev–Trinajstić information content (AvgIpc) is 2.69. The summed E-state index contributed by atoms with van der Waals surface area (Å²) in [6.45, 7) is 6.86. The predicted octanol–water partition coefficient (Wildman–Crippen LogP) is 4.49. The summed E-state index contributed by atoms with van der Waals surface area (Å²) in [5, 5.41) is 0. The van der Waals surface area contributed by atoms with Crippen LogP contribution in [0.5, 0.6) is 11.5 Å². The van der Waals surface area contributed by atoms with E-state index < -0.39 is 5.54 Å². The van der Waals surface area contributed by atoms with Gasteiger partial charge in [-0.15, -0.1) is 11.8 Å². The fourth-order valence-electron chi connectivity index (χ4n) is 3.13. The van der Waals surface area contributed by atoms with Gasteiger partial charge in [0.25, 0.3) is 0 Å². The number of para-hydroxylation sites is 1. The molecule has 1 aliphatic rings. The summed E-state index contributed by atoms with van der Waals surface area (Å²) in [7, 11) is 0. The van der Waals surface area contributed by atoms with Crippen LogP contribution in [0.3, 0.4) is 0 Å². The van der Waals surface area contributed by atoms with Gasteiger partial charge in [-0.3, -0.25) is 9.69 Å². The van der Waals surface area contributed by atoms with E-state index in [1.807, 2.05) is 68.6 Å². The number of hydrogen-bond acceptors (Lipinski definition) is 5. The van der Waals surface area contributed by atoms with Crippen molar-refractivity contribution in [3.63, 3.8) is 0 Å². The number of benzene rings is 2. The molecule has 26 heavy (non-hydrogen) atoms. The van der Waals surface area contributed by atoms with E-state index in [1.54, 1.807) is 11.8 Å². The van der Waals surface area contributed by atoms with Crippen LogP contribution in [-0.4, -0.2) is 48.8 Å². The quantitative estimate of drug-likeness (QED) is 0.552. The molecule has 0 amide bonds. The summed E-state index contributed by atoms with van der Waals surface area (Å²) in [4.78, 5) is 16.4. The second-order valence-corrected chi connectivity index (χ2v) is 7.62. The predicted molar refractivity (Wildman–Crippen MR) is 106 cm³/mol. The maximum absolute atomic E-state index is 13.2. The minimum atomic E-state index is -0.575. The molecule has 0 radical (unpaired) electrons. The van der Waals surface area contributed by atoms with Gasteiger partial charge in [0, 0.05) is 23.5 Å². The molecule has 2 aromatic carbocycles. The highest BCUT2D eigenvalue weighted by Gasteiger charge is 2.36. The lowest BCUT2D eigenvalue weighted by Gasteiger charge is -2.39. The normalized spacial score (nSPS) is 15.7. The van der Waals surface area contributed by atoms with E-state index in [1.165, 1.54) is 0 Å². The molecule has 0 bridgehead atoms. The highest BCUT2D eigenvalue weighted by Crippen LogP contribution is 2.34. The topological polar surface area (TPSA) is 38.8 Å². The first-order valence-corrected chi connectivity index (χ1v) is 10.0. The van der Waals surface area contributed by atoms with Gasteiger partial charge in [-0.05, 0) is 50.4 Å². The van der Waals surface area contributed by atoms with Crippen LogP contribution < -0.4 is 4.74 Å². The van der Waals surface area contributed by atoms with Gasteiger partial charge in [-0.1, -0.05) is 18.2 Å². The Morgan fingerprint density at radius 2 is 1.81 bits per heavy atom. The van der Waals surface area contributed by atoms with Gasteiger partial charge in [0.05, 0.1) is 18.8 Å². The van der Waals surface area contributed by atoms with Gasteiger partial charge in [0.2, 0.25) is 0 Å².